The summed E-state index contributed by atoms with van der Waals surface area (Å²) in [6, 6.07) is 69.7. The molecule has 0 saturated heterocycles. The van der Waals surface area contributed by atoms with Gasteiger partial charge < -0.3 is 23.5 Å². The Morgan fingerprint density at radius 2 is 1.13 bits per heavy atom. The molecule has 15 rings (SSSR count). The molecule has 0 amide bonds. The Hall–Kier alpha value is -7.96. The van der Waals surface area contributed by atoms with Crippen LogP contribution in [-0.2, 0) is 5.41 Å². The van der Waals surface area contributed by atoms with E-state index in [1.165, 1.54) is 86.3 Å². The van der Waals surface area contributed by atoms with Crippen molar-refractivity contribution < 1.29 is 8.83 Å². The number of hydrogen-bond acceptors (Lipinski definition) is 5. The molecule has 0 spiro atoms. The topological polar surface area (TPSA) is 36.0 Å². The highest BCUT2D eigenvalue weighted by molar-refractivity contribution is 7.00. The third kappa shape index (κ3) is 5.26. The van der Waals surface area contributed by atoms with Crippen molar-refractivity contribution in [2.75, 3.05) is 14.7 Å². The molecule has 2 atom stereocenters. The van der Waals surface area contributed by atoms with Crippen LogP contribution >= 0.6 is 0 Å². The molecule has 0 N–H and O–H groups in total. The number of furan rings is 2. The zero-order valence-electron chi connectivity index (χ0n) is 39.0. The molecule has 1 saturated carbocycles. The normalized spacial score (nSPS) is 19.0. The third-order valence-electron chi connectivity index (χ3n) is 16.8. The van der Waals surface area contributed by atoms with E-state index >= 15 is 0 Å². The average Bonchev–Trinajstić information content (AvgIpc) is 4.02. The van der Waals surface area contributed by atoms with Crippen LogP contribution in [-0.4, -0.2) is 12.3 Å². The molecule has 6 heteroatoms. The maximum atomic E-state index is 6.98. The molecule has 5 nitrogen and oxygen atoms in total. The number of anilines is 8. The summed E-state index contributed by atoms with van der Waals surface area (Å²) in [5, 5.41) is 4.48. The van der Waals surface area contributed by atoms with Gasteiger partial charge in [0.2, 0.25) is 0 Å². The minimum absolute atomic E-state index is 0.0287. The number of benzene rings is 9. The van der Waals surface area contributed by atoms with Crippen LogP contribution in [0.1, 0.15) is 50.7 Å². The summed E-state index contributed by atoms with van der Waals surface area (Å²) in [4.78, 5) is 7.75. The fourth-order valence-electron chi connectivity index (χ4n) is 13.5. The molecular formula is C63H48BN3O2. The molecule has 11 aromatic rings. The zero-order chi connectivity index (χ0) is 45.8. The highest BCUT2D eigenvalue weighted by atomic mass is 16.3. The van der Waals surface area contributed by atoms with Gasteiger partial charge in [0.1, 0.15) is 16.7 Å². The smallest absolute Gasteiger partial charge is 0.252 e. The van der Waals surface area contributed by atoms with Crippen LogP contribution in [0.15, 0.2) is 197 Å². The van der Waals surface area contributed by atoms with Crippen LogP contribution < -0.4 is 31.1 Å². The fraction of sp³-hybridized carbons (Fsp3) is 0.143. The molecule has 0 bridgehead atoms. The second-order valence-electron chi connectivity index (χ2n) is 20.4. The summed E-state index contributed by atoms with van der Waals surface area (Å²) in [6.07, 6.45) is 4.79. The number of hydrogen-bond donors (Lipinski definition) is 0. The molecule has 3 aliphatic heterocycles. The lowest BCUT2D eigenvalue weighted by Crippen LogP contribution is -2.61. The Morgan fingerprint density at radius 1 is 0.449 bits per heavy atom. The lowest BCUT2D eigenvalue weighted by Gasteiger charge is -2.50. The SMILES string of the molecule is Cc1cc2c3c(c1)N(c1cccc4c1oc1ccccc14)c1cc(N4c5ccccc5C5(C)CCCCC45C)ccc1B3c1cc(-c3ccccc3)ccc1N2c1ccc2c(c1)oc1ccccc12. The van der Waals surface area contributed by atoms with Crippen molar-refractivity contribution >= 4 is 112 Å². The Balaban J connectivity index is 1.03. The number of fused-ring (bicyclic) bond motifs is 13. The molecule has 4 aliphatic rings. The van der Waals surface area contributed by atoms with E-state index in [0.29, 0.717) is 0 Å². The largest absolute Gasteiger partial charge is 0.456 e. The zero-order valence-corrected chi connectivity index (χ0v) is 39.0. The van der Waals surface area contributed by atoms with Gasteiger partial charge >= 0.3 is 0 Å². The van der Waals surface area contributed by atoms with Gasteiger partial charge in [-0.1, -0.05) is 135 Å². The average molecular weight is 890 g/mol. The van der Waals surface area contributed by atoms with Crippen LogP contribution in [0.4, 0.5) is 45.5 Å². The van der Waals surface area contributed by atoms with Crippen LogP contribution in [0.2, 0.25) is 0 Å². The third-order valence-corrected chi connectivity index (χ3v) is 16.8. The predicted molar refractivity (Wildman–Crippen MR) is 288 cm³/mol. The minimum atomic E-state index is -0.0907. The summed E-state index contributed by atoms with van der Waals surface area (Å²) in [5.74, 6) is 0. The van der Waals surface area contributed by atoms with Gasteiger partial charge in [0, 0.05) is 72.8 Å². The first-order valence-corrected chi connectivity index (χ1v) is 24.7. The molecule has 330 valence electrons. The van der Waals surface area contributed by atoms with Crippen LogP contribution in [0.5, 0.6) is 0 Å². The second kappa shape index (κ2) is 14.1. The van der Waals surface area contributed by atoms with Gasteiger partial charge in [-0.05, 0) is 132 Å². The van der Waals surface area contributed by atoms with Gasteiger partial charge in [0.05, 0.1) is 11.2 Å². The van der Waals surface area contributed by atoms with E-state index in [1.807, 2.05) is 6.07 Å². The molecular weight excluding hydrogens is 842 g/mol. The van der Waals surface area contributed by atoms with Gasteiger partial charge in [-0.2, -0.15) is 0 Å². The van der Waals surface area contributed by atoms with Gasteiger partial charge in [0.25, 0.3) is 6.71 Å². The van der Waals surface area contributed by atoms with Crippen molar-refractivity contribution in [1.82, 2.24) is 0 Å². The standard InChI is InChI=1S/C63H48BN3O2/c1-39-34-55-60-56(35-39)66(53-23-15-20-47-45-19-8-12-25-58(45)69-61(47)53)54-37-43(67-51-22-10-9-21-48(51)62(2)32-13-14-33-63(62,67)3)28-30-49(54)64(60)50-36-41(40-16-5-4-6-17-40)26-31-52(50)65(55)42-27-29-46-44-18-7-11-24-57(44)68-59(46)38-42/h4-12,15-31,34-38H,13-14,32-33H2,1-3H3. The van der Waals surface area contributed by atoms with Crippen molar-refractivity contribution in [2.45, 2.75) is 57.4 Å². The van der Waals surface area contributed by atoms with Crippen molar-refractivity contribution in [3.63, 3.8) is 0 Å². The van der Waals surface area contributed by atoms with Crippen molar-refractivity contribution in [1.29, 1.82) is 0 Å². The minimum Gasteiger partial charge on any atom is -0.456 e. The first-order chi connectivity index (χ1) is 33.9. The van der Waals surface area contributed by atoms with Gasteiger partial charge in [-0.3, -0.25) is 0 Å². The molecule has 5 heterocycles. The Kier molecular flexibility index (Phi) is 7.96. The maximum Gasteiger partial charge on any atom is 0.252 e. The van der Waals surface area contributed by atoms with Crippen LogP contribution in [0.3, 0.4) is 0 Å². The van der Waals surface area contributed by atoms with Gasteiger partial charge in [-0.25, -0.2) is 0 Å². The van der Waals surface area contributed by atoms with E-state index < -0.39 is 0 Å². The summed E-state index contributed by atoms with van der Waals surface area (Å²) in [5.41, 5.74) is 21.7. The molecule has 2 aromatic heterocycles. The Morgan fingerprint density at radius 3 is 1.99 bits per heavy atom. The highest BCUT2D eigenvalue weighted by Gasteiger charge is 2.58. The predicted octanol–water partition coefficient (Wildman–Crippen LogP) is 15.3. The van der Waals surface area contributed by atoms with Crippen molar-refractivity contribution in [2.24, 2.45) is 0 Å². The molecule has 1 fully saturated rings. The van der Waals surface area contributed by atoms with Crippen molar-refractivity contribution in [3.8, 4) is 11.1 Å². The maximum absolute atomic E-state index is 6.98. The van der Waals surface area contributed by atoms with Crippen LogP contribution in [0, 0.1) is 6.92 Å². The first kappa shape index (κ1) is 39.1. The second-order valence-corrected chi connectivity index (χ2v) is 20.4. The Labute approximate surface area is 401 Å². The molecule has 69 heavy (non-hydrogen) atoms. The van der Waals surface area contributed by atoms with Gasteiger partial charge in [-0.15, -0.1) is 0 Å². The fourth-order valence-corrected chi connectivity index (χ4v) is 13.5. The summed E-state index contributed by atoms with van der Waals surface area (Å²) in [6.45, 7) is 7.23. The summed E-state index contributed by atoms with van der Waals surface area (Å²) < 4.78 is 13.6. The number of aryl methyl sites for hydroxylation is 1. The van der Waals surface area contributed by atoms with Crippen molar-refractivity contribution in [3.05, 3.63) is 199 Å². The highest BCUT2D eigenvalue weighted by Crippen LogP contribution is 2.61. The first-order valence-electron chi connectivity index (χ1n) is 24.7. The van der Waals surface area contributed by atoms with Gasteiger partial charge in [0.15, 0.2) is 5.58 Å². The van der Waals surface area contributed by atoms with E-state index in [2.05, 4.69) is 217 Å². The number of para-hydroxylation sites is 4. The number of nitrogens with zero attached hydrogens (tertiary/aromatic N) is 3. The van der Waals surface area contributed by atoms with E-state index in [0.717, 1.165) is 67.4 Å². The van der Waals surface area contributed by atoms with E-state index in [4.69, 9.17) is 8.83 Å². The van der Waals surface area contributed by atoms with E-state index in [1.54, 1.807) is 0 Å². The lowest BCUT2D eigenvalue weighted by atomic mass is 9.33. The molecule has 2 unspecified atom stereocenters. The van der Waals surface area contributed by atoms with E-state index in [9.17, 15) is 0 Å². The monoisotopic (exact) mass is 889 g/mol. The quantitative estimate of drug-likeness (QED) is 0.165. The number of rotatable bonds is 4. The lowest BCUT2D eigenvalue weighted by molar-refractivity contribution is 0.195. The summed E-state index contributed by atoms with van der Waals surface area (Å²) >= 11 is 0. The Bertz CT molecular complexity index is 3960. The molecule has 9 aromatic carbocycles. The van der Waals surface area contributed by atoms with E-state index in [-0.39, 0.29) is 17.7 Å². The molecule has 0 radical (unpaired) electrons. The van der Waals surface area contributed by atoms with Crippen LogP contribution in [0.25, 0.3) is 55.0 Å². The molecule has 1 aliphatic carbocycles. The summed E-state index contributed by atoms with van der Waals surface area (Å²) in [7, 11) is 0.